The van der Waals surface area contributed by atoms with Gasteiger partial charge in [0.25, 0.3) is 0 Å². The molecule has 1 N–H and O–H groups in total. The van der Waals surface area contributed by atoms with E-state index < -0.39 is 5.60 Å². The Hall–Kier alpha value is -2.08. The standard InChI is InChI=1S/C23H31N3O3/c1-15-10-19(24-20-18(15)6-9-25(20)3)29-17-4-7-23(8-5-17)13-26(14-23)21(27)16-11-22(2,28)12-16/h6,9-10,16-17,28H,4-5,7-8,11-14H2,1-3H3/t16-,22+. The predicted octanol–water partition coefficient (Wildman–Crippen LogP) is 3.19. The van der Waals surface area contributed by atoms with E-state index in [1.807, 2.05) is 35.7 Å². The number of ether oxygens (including phenoxy) is 1. The lowest BCUT2D eigenvalue weighted by Gasteiger charge is -2.55. The Kier molecular flexibility index (Phi) is 4.21. The van der Waals surface area contributed by atoms with Gasteiger partial charge in [-0.25, -0.2) is 0 Å². The Labute approximate surface area is 171 Å². The molecule has 2 aromatic heterocycles. The fourth-order valence-corrected chi connectivity index (χ4v) is 5.59. The normalized spacial score (nSPS) is 29.0. The molecule has 1 amide bonds. The summed E-state index contributed by atoms with van der Waals surface area (Å²) in [6.45, 7) is 5.68. The van der Waals surface area contributed by atoms with E-state index in [0.717, 1.165) is 50.3 Å². The number of hydrogen-bond acceptors (Lipinski definition) is 4. The Morgan fingerprint density at radius 1 is 1.28 bits per heavy atom. The van der Waals surface area contributed by atoms with E-state index >= 15 is 0 Å². The van der Waals surface area contributed by atoms with E-state index in [-0.39, 0.29) is 23.3 Å². The zero-order valence-electron chi connectivity index (χ0n) is 17.6. The predicted molar refractivity (Wildman–Crippen MR) is 111 cm³/mol. The van der Waals surface area contributed by atoms with Gasteiger partial charge in [-0.3, -0.25) is 4.79 Å². The summed E-state index contributed by atoms with van der Waals surface area (Å²) in [7, 11) is 2.01. The van der Waals surface area contributed by atoms with Crippen LogP contribution in [0.4, 0.5) is 0 Å². The van der Waals surface area contributed by atoms with Gasteiger partial charge in [-0.05, 0) is 64.0 Å². The van der Waals surface area contributed by atoms with Crippen LogP contribution in [0.15, 0.2) is 18.3 Å². The molecule has 3 aliphatic rings. The van der Waals surface area contributed by atoms with Crippen LogP contribution in [0, 0.1) is 18.3 Å². The molecule has 6 nitrogen and oxygen atoms in total. The zero-order chi connectivity index (χ0) is 20.4. The number of likely N-dealkylation sites (tertiary alicyclic amines) is 1. The number of pyridine rings is 1. The highest BCUT2D eigenvalue weighted by Gasteiger charge is 2.51. The summed E-state index contributed by atoms with van der Waals surface area (Å²) < 4.78 is 8.29. The van der Waals surface area contributed by atoms with Gasteiger partial charge in [0.05, 0.1) is 5.60 Å². The molecule has 156 valence electrons. The lowest BCUT2D eigenvalue weighted by atomic mass is 9.66. The monoisotopic (exact) mass is 397 g/mol. The van der Waals surface area contributed by atoms with Gasteiger partial charge in [0.1, 0.15) is 11.8 Å². The van der Waals surface area contributed by atoms with Crippen molar-refractivity contribution in [2.24, 2.45) is 18.4 Å². The summed E-state index contributed by atoms with van der Waals surface area (Å²) in [5, 5.41) is 11.1. The average molecular weight is 398 g/mol. The minimum atomic E-state index is -0.632. The van der Waals surface area contributed by atoms with Gasteiger partial charge in [0.15, 0.2) is 0 Å². The second-order valence-corrected chi connectivity index (χ2v) is 10.1. The fraction of sp³-hybridized carbons (Fsp3) is 0.652. The number of fused-ring (bicyclic) bond motifs is 1. The van der Waals surface area contributed by atoms with E-state index in [4.69, 9.17) is 9.72 Å². The number of hydrogen-bond donors (Lipinski definition) is 1. The molecule has 29 heavy (non-hydrogen) atoms. The fourth-order valence-electron chi connectivity index (χ4n) is 5.59. The van der Waals surface area contributed by atoms with Crippen LogP contribution in [0.3, 0.4) is 0 Å². The number of aliphatic hydroxyl groups is 1. The molecule has 3 fully saturated rings. The Balaban J connectivity index is 1.15. The number of nitrogens with zero attached hydrogens (tertiary/aromatic N) is 3. The molecule has 5 rings (SSSR count). The van der Waals surface area contributed by atoms with Crippen molar-refractivity contribution in [3.05, 3.63) is 23.9 Å². The summed E-state index contributed by atoms with van der Waals surface area (Å²) in [6.07, 6.45) is 7.72. The molecule has 2 saturated carbocycles. The number of aryl methyl sites for hydroxylation is 2. The van der Waals surface area contributed by atoms with Crippen LogP contribution in [0.1, 0.15) is 51.0 Å². The second kappa shape index (κ2) is 6.46. The van der Waals surface area contributed by atoms with E-state index in [0.29, 0.717) is 12.8 Å². The van der Waals surface area contributed by atoms with Gasteiger partial charge in [0, 0.05) is 49.1 Å². The van der Waals surface area contributed by atoms with Crippen LogP contribution in [0.25, 0.3) is 11.0 Å². The first-order valence-corrected chi connectivity index (χ1v) is 10.8. The highest BCUT2D eigenvalue weighted by Crippen LogP contribution is 2.47. The molecule has 6 heteroatoms. The maximum absolute atomic E-state index is 12.6. The van der Waals surface area contributed by atoms with E-state index in [2.05, 4.69) is 13.0 Å². The lowest BCUT2D eigenvalue weighted by Crippen LogP contribution is -2.63. The van der Waals surface area contributed by atoms with Gasteiger partial charge in [-0.1, -0.05) is 0 Å². The molecule has 0 aromatic carbocycles. The first kappa shape index (κ1) is 18.9. The summed E-state index contributed by atoms with van der Waals surface area (Å²) >= 11 is 0. The third kappa shape index (κ3) is 3.31. The Morgan fingerprint density at radius 2 is 1.97 bits per heavy atom. The zero-order valence-corrected chi connectivity index (χ0v) is 17.6. The highest BCUT2D eigenvalue weighted by molar-refractivity contribution is 5.81. The van der Waals surface area contributed by atoms with Crippen molar-refractivity contribution in [2.45, 2.75) is 64.1 Å². The lowest BCUT2D eigenvalue weighted by molar-refractivity contribution is -0.164. The quantitative estimate of drug-likeness (QED) is 0.864. The van der Waals surface area contributed by atoms with Crippen molar-refractivity contribution < 1.29 is 14.6 Å². The molecular weight excluding hydrogens is 366 g/mol. The van der Waals surface area contributed by atoms with Gasteiger partial charge >= 0.3 is 0 Å². The van der Waals surface area contributed by atoms with Crippen molar-refractivity contribution in [3.63, 3.8) is 0 Å². The molecule has 1 spiro atoms. The molecule has 2 aliphatic carbocycles. The first-order valence-electron chi connectivity index (χ1n) is 10.8. The molecule has 0 unspecified atom stereocenters. The van der Waals surface area contributed by atoms with Crippen molar-refractivity contribution in [1.82, 2.24) is 14.5 Å². The van der Waals surface area contributed by atoms with Gasteiger partial charge in [-0.2, -0.15) is 4.98 Å². The molecule has 0 radical (unpaired) electrons. The molecule has 1 aliphatic heterocycles. The smallest absolute Gasteiger partial charge is 0.225 e. The summed E-state index contributed by atoms with van der Waals surface area (Å²) in [5.41, 5.74) is 1.82. The number of carbonyl (C=O) groups excluding carboxylic acids is 1. The van der Waals surface area contributed by atoms with Crippen LogP contribution >= 0.6 is 0 Å². The molecule has 3 heterocycles. The van der Waals surface area contributed by atoms with Crippen LogP contribution < -0.4 is 4.74 Å². The minimum Gasteiger partial charge on any atom is -0.474 e. The van der Waals surface area contributed by atoms with Crippen molar-refractivity contribution in [3.8, 4) is 5.88 Å². The molecule has 0 bridgehead atoms. The first-order chi connectivity index (χ1) is 13.7. The summed E-state index contributed by atoms with van der Waals surface area (Å²) in [5.74, 6) is 1.00. The number of rotatable bonds is 3. The van der Waals surface area contributed by atoms with Gasteiger partial charge < -0.3 is 19.3 Å². The highest BCUT2D eigenvalue weighted by atomic mass is 16.5. The topological polar surface area (TPSA) is 67.6 Å². The average Bonchev–Trinajstić information content (AvgIpc) is 2.99. The SMILES string of the molecule is Cc1cc(OC2CCC3(CC2)CN(C(=O)[C@H]2C[C@@](C)(O)C2)C3)nc2c1ccn2C. The van der Waals surface area contributed by atoms with Gasteiger partial charge in [-0.15, -0.1) is 0 Å². The van der Waals surface area contributed by atoms with Crippen LogP contribution in [-0.2, 0) is 11.8 Å². The second-order valence-electron chi connectivity index (χ2n) is 10.1. The largest absolute Gasteiger partial charge is 0.474 e. The molecule has 0 atom stereocenters. The van der Waals surface area contributed by atoms with Gasteiger partial charge in [0.2, 0.25) is 11.8 Å². The minimum absolute atomic E-state index is 0.0313. The maximum atomic E-state index is 12.6. The Bertz CT molecular complexity index is 940. The molecule has 1 saturated heterocycles. The maximum Gasteiger partial charge on any atom is 0.225 e. The summed E-state index contributed by atoms with van der Waals surface area (Å²) in [4.78, 5) is 19.3. The van der Waals surface area contributed by atoms with Crippen LogP contribution in [0.2, 0.25) is 0 Å². The Morgan fingerprint density at radius 3 is 2.62 bits per heavy atom. The van der Waals surface area contributed by atoms with E-state index in [1.54, 1.807) is 0 Å². The van der Waals surface area contributed by atoms with Crippen LogP contribution in [0.5, 0.6) is 5.88 Å². The third-order valence-corrected chi connectivity index (χ3v) is 7.39. The molecular formula is C23H31N3O3. The van der Waals surface area contributed by atoms with Crippen molar-refractivity contribution >= 4 is 16.9 Å². The number of aromatic nitrogens is 2. The van der Waals surface area contributed by atoms with Crippen LogP contribution in [-0.4, -0.2) is 50.3 Å². The van der Waals surface area contributed by atoms with Crippen molar-refractivity contribution in [1.29, 1.82) is 0 Å². The number of carbonyl (C=O) groups is 1. The number of amides is 1. The summed E-state index contributed by atoms with van der Waals surface area (Å²) in [6, 6.07) is 4.14. The molecule has 2 aromatic rings. The van der Waals surface area contributed by atoms with Crippen molar-refractivity contribution in [2.75, 3.05) is 13.1 Å². The third-order valence-electron chi connectivity index (χ3n) is 7.39. The van der Waals surface area contributed by atoms with E-state index in [9.17, 15) is 9.90 Å². The van der Waals surface area contributed by atoms with E-state index in [1.165, 1.54) is 10.9 Å².